The van der Waals surface area contributed by atoms with E-state index in [4.69, 9.17) is 5.11 Å². The third kappa shape index (κ3) is 12.6. The average molecular weight is 341 g/mol. The Balaban J connectivity index is 0. The number of hydrogen-bond acceptors (Lipinski definition) is 8. The molecular weight excluding hydrogens is 318 g/mol. The summed E-state index contributed by atoms with van der Waals surface area (Å²) in [5.41, 5.74) is -0.619. The Labute approximate surface area is 138 Å². The number of tetrazole rings is 1. The van der Waals surface area contributed by atoms with Crippen LogP contribution in [0.5, 0.6) is 5.75 Å². The van der Waals surface area contributed by atoms with Crippen molar-refractivity contribution in [3.05, 3.63) is 57.3 Å². The predicted octanol–water partition coefficient (Wildman–Crippen LogP) is 1.87. The van der Waals surface area contributed by atoms with Gasteiger partial charge in [0, 0.05) is 12.1 Å². The normalized spacial score (nSPS) is 7.88. The van der Waals surface area contributed by atoms with Gasteiger partial charge in [0.25, 0.3) is 5.56 Å². The monoisotopic (exact) mass is 341 g/mol. The summed E-state index contributed by atoms with van der Waals surface area (Å²) in [4.78, 5) is 20.2. The molecule has 0 atom stereocenters. The molecule has 3 rings (SSSR count). The van der Waals surface area contributed by atoms with Crippen LogP contribution in [0.25, 0.3) is 0 Å². The molecule has 10 heteroatoms. The summed E-state index contributed by atoms with van der Waals surface area (Å²) in [5, 5.41) is 23.3. The number of aromatic amines is 2. The molecule has 0 saturated carbocycles. The number of hydrogen-bond donors (Lipinski definition) is 3. The van der Waals surface area contributed by atoms with Crippen LogP contribution in [0.4, 0.5) is 0 Å². The summed E-state index contributed by atoms with van der Waals surface area (Å²) in [5.74, 6) is 0.322. The molecule has 3 N–H and O–H groups in total. The van der Waals surface area contributed by atoms with Gasteiger partial charge < -0.3 is 14.0 Å². The molecule has 0 spiro atoms. The first-order chi connectivity index (χ1) is 11.6. The van der Waals surface area contributed by atoms with Crippen molar-refractivity contribution >= 4 is 0 Å². The van der Waals surface area contributed by atoms with Crippen LogP contribution in [0.2, 0.25) is 0 Å². The van der Waals surface area contributed by atoms with Gasteiger partial charge in [0.2, 0.25) is 5.43 Å². The molecule has 0 aliphatic rings. The van der Waals surface area contributed by atoms with Crippen LogP contribution < -0.4 is 11.0 Å². The Morgan fingerprint density at radius 3 is 1.96 bits per heavy atom. The van der Waals surface area contributed by atoms with Gasteiger partial charge in [0.15, 0.2) is 11.6 Å². The van der Waals surface area contributed by atoms with Crippen molar-refractivity contribution in [1.29, 1.82) is 0 Å². The van der Waals surface area contributed by atoms with Gasteiger partial charge in [0.1, 0.15) is 12.5 Å². The highest BCUT2D eigenvalue weighted by molar-refractivity contribution is 5.10. The highest BCUT2D eigenvalue weighted by Crippen LogP contribution is 1.94. The van der Waals surface area contributed by atoms with Gasteiger partial charge in [-0.1, -0.05) is 32.9 Å². The molecule has 0 amide bonds. The van der Waals surface area contributed by atoms with Crippen molar-refractivity contribution in [2.24, 2.45) is 0 Å². The second-order valence-corrected chi connectivity index (χ2v) is 3.15. The van der Waals surface area contributed by atoms with E-state index in [9.17, 15) is 9.59 Å². The maximum absolute atomic E-state index is 10.3. The minimum absolute atomic E-state index is 0.199. The Hall–Kier alpha value is -3.17. The summed E-state index contributed by atoms with van der Waals surface area (Å²) < 4.78 is 8.72. The Morgan fingerprint density at radius 2 is 1.75 bits per heavy atom. The third-order valence-corrected chi connectivity index (χ3v) is 1.63. The quantitative estimate of drug-likeness (QED) is 0.560. The lowest BCUT2D eigenvalue weighted by atomic mass is 10.5. The van der Waals surface area contributed by atoms with Crippen molar-refractivity contribution in [3.8, 4) is 5.75 Å². The van der Waals surface area contributed by atoms with E-state index in [1.54, 1.807) is 6.92 Å². The fourth-order valence-corrected chi connectivity index (χ4v) is 0.782. The van der Waals surface area contributed by atoms with Gasteiger partial charge in [0.05, 0.1) is 6.26 Å². The molecule has 0 fully saturated rings. The molecule has 3 heterocycles. The molecule has 0 aliphatic heterocycles. The second-order valence-electron chi connectivity index (χ2n) is 3.15. The van der Waals surface area contributed by atoms with Crippen LogP contribution in [-0.2, 0) is 0 Å². The summed E-state index contributed by atoms with van der Waals surface area (Å²) in [6.45, 7) is 9.77. The SMILES string of the molecule is CC.CC.Cc1nn[nH]n1.O=c1cco[nH]1.O=c1ccocc1O. The minimum Gasteiger partial charge on any atom is -0.502 e. The van der Waals surface area contributed by atoms with Gasteiger partial charge in [-0.25, -0.2) is 0 Å². The molecular formula is C14H23N5O5. The van der Waals surface area contributed by atoms with E-state index in [0.29, 0.717) is 5.82 Å². The number of aromatic nitrogens is 5. The number of rotatable bonds is 0. The predicted molar refractivity (Wildman–Crippen MR) is 87.6 cm³/mol. The molecule has 24 heavy (non-hydrogen) atoms. The van der Waals surface area contributed by atoms with Crippen LogP contribution in [0, 0.1) is 6.92 Å². The van der Waals surface area contributed by atoms with Gasteiger partial charge >= 0.3 is 0 Å². The number of H-pyrrole nitrogens is 2. The standard InChI is InChI=1S/C5H4O3.C3H3NO2.C2H4N4.2C2H6/c6-4-1-2-8-3-5(4)7;5-3-1-2-6-4-3;1-2-3-5-6-4-2;2*1-2/h1-3,7H;1-2H,(H,4,5);1H3,(H,3,4,5,6);2*1-2H3. The number of nitrogens with zero attached hydrogens (tertiary/aromatic N) is 3. The first kappa shape index (κ1) is 23.1. The topological polar surface area (TPSA) is 151 Å². The van der Waals surface area contributed by atoms with Crippen LogP contribution in [0.1, 0.15) is 33.5 Å². The second kappa shape index (κ2) is 16.2. The molecule has 0 unspecified atom stereocenters. The lowest BCUT2D eigenvalue weighted by molar-refractivity contribution is 0.413. The van der Waals surface area contributed by atoms with Gasteiger partial charge in [-0.15, -0.1) is 10.2 Å². The van der Waals surface area contributed by atoms with Gasteiger partial charge in [-0.2, -0.15) is 10.4 Å². The molecule has 3 aromatic heterocycles. The maximum atomic E-state index is 10.3. The fourth-order valence-electron chi connectivity index (χ4n) is 0.782. The van der Waals surface area contributed by atoms with E-state index in [0.717, 1.165) is 12.3 Å². The molecule has 0 aliphatic carbocycles. The molecule has 134 valence electrons. The van der Waals surface area contributed by atoms with Gasteiger partial charge in [-0.05, 0) is 6.92 Å². The molecule has 0 bridgehead atoms. The van der Waals surface area contributed by atoms with Crippen molar-refractivity contribution in [1.82, 2.24) is 25.8 Å². The third-order valence-electron chi connectivity index (χ3n) is 1.63. The molecule has 3 aromatic rings. The Kier molecular flexibility index (Phi) is 15.6. The van der Waals surface area contributed by atoms with E-state index < -0.39 is 5.43 Å². The van der Waals surface area contributed by atoms with Gasteiger partial charge in [-0.3, -0.25) is 9.59 Å². The van der Waals surface area contributed by atoms with Crippen molar-refractivity contribution in [2.45, 2.75) is 34.6 Å². The van der Waals surface area contributed by atoms with Crippen LogP contribution in [0.15, 0.2) is 49.5 Å². The van der Waals surface area contributed by atoms with E-state index >= 15 is 0 Å². The summed E-state index contributed by atoms with van der Waals surface area (Å²) in [7, 11) is 0. The summed E-state index contributed by atoms with van der Waals surface area (Å²) in [6, 6.07) is 2.45. The number of nitrogens with one attached hydrogen (secondary N) is 2. The van der Waals surface area contributed by atoms with Crippen LogP contribution in [0.3, 0.4) is 0 Å². The lowest BCUT2D eigenvalue weighted by Crippen LogP contribution is -1.93. The first-order valence-corrected chi connectivity index (χ1v) is 7.17. The van der Waals surface area contributed by atoms with E-state index in [1.807, 2.05) is 27.7 Å². The highest BCUT2D eigenvalue weighted by Gasteiger charge is 1.89. The van der Waals surface area contributed by atoms with Crippen molar-refractivity contribution < 1.29 is 14.0 Å². The van der Waals surface area contributed by atoms with Crippen LogP contribution >= 0.6 is 0 Å². The van der Waals surface area contributed by atoms with E-state index in [2.05, 4.69) is 34.7 Å². The number of aromatic hydroxyl groups is 1. The Bertz CT molecular complexity index is 686. The molecule has 0 aromatic carbocycles. The first-order valence-electron chi connectivity index (χ1n) is 7.17. The summed E-state index contributed by atoms with van der Waals surface area (Å²) >= 11 is 0. The van der Waals surface area contributed by atoms with E-state index in [1.165, 1.54) is 18.6 Å². The lowest BCUT2D eigenvalue weighted by Gasteiger charge is -1.82. The highest BCUT2D eigenvalue weighted by atomic mass is 16.5. The largest absolute Gasteiger partial charge is 0.502 e. The molecule has 0 radical (unpaired) electrons. The van der Waals surface area contributed by atoms with Crippen molar-refractivity contribution in [3.63, 3.8) is 0 Å². The zero-order valence-corrected chi connectivity index (χ0v) is 14.3. The maximum Gasteiger partial charge on any atom is 0.279 e. The number of aryl methyl sites for hydroxylation is 1. The zero-order valence-electron chi connectivity index (χ0n) is 14.3. The zero-order chi connectivity index (χ0) is 18.8. The van der Waals surface area contributed by atoms with Crippen LogP contribution in [-0.4, -0.2) is 30.9 Å². The molecule has 0 saturated heterocycles. The average Bonchev–Trinajstić information content (AvgIpc) is 3.29. The smallest absolute Gasteiger partial charge is 0.279 e. The van der Waals surface area contributed by atoms with Crippen molar-refractivity contribution in [2.75, 3.05) is 0 Å². The fraction of sp³-hybridized carbons (Fsp3) is 0.357. The minimum atomic E-state index is -0.420. The van der Waals surface area contributed by atoms with E-state index in [-0.39, 0.29) is 11.3 Å². The summed E-state index contributed by atoms with van der Waals surface area (Å²) in [6.07, 6.45) is 3.49. The Morgan fingerprint density at radius 1 is 1.08 bits per heavy atom. The molecule has 10 nitrogen and oxygen atoms in total.